The molecule has 2 aromatic carbocycles. The number of nitrogens with zero attached hydrogens (tertiary/aromatic N) is 2. The van der Waals surface area contributed by atoms with Crippen LogP contribution in [0.5, 0.6) is 0 Å². The van der Waals surface area contributed by atoms with Crippen LogP contribution in [-0.4, -0.2) is 24.3 Å². The number of benzene rings is 2. The highest BCUT2D eigenvalue weighted by molar-refractivity contribution is 6.09. The van der Waals surface area contributed by atoms with E-state index in [0.29, 0.717) is 0 Å². The summed E-state index contributed by atoms with van der Waals surface area (Å²) in [7, 11) is 1.98. The van der Waals surface area contributed by atoms with E-state index >= 15 is 0 Å². The van der Waals surface area contributed by atoms with E-state index in [-0.39, 0.29) is 5.91 Å². The minimum atomic E-state index is -0.521. The molecule has 1 N–H and O–H groups in total. The topological polar surface area (TPSA) is 44.7 Å². The summed E-state index contributed by atoms with van der Waals surface area (Å²) in [6.07, 6.45) is 0. The standard InChI is InChI=1S/C19H21N3O/c1-19(2)18(22(3)15-12-8-5-9-13-15)20-16(17(23)21-19)14-10-6-4-7-11-14/h4-13,16H,1-3H3,(H,21,23)/t16-/m0/s1. The minimum absolute atomic E-state index is 0.0635. The molecule has 118 valence electrons. The van der Waals surface area contributed by atoms with Gasteiger partial charge in [0.1, 0.15) is 5.84 Å². The van der Waals surface area contributed by atoms with E-state index in [1.807, 2.05) is 86.5 Å². The van der Waals surface area contributed by atoms with Crippen LogP contribution < -0.4 is 10.2 Å². The van der Waals surface area contributed by atoms with Gasteiger partial charge in [0.15, 0.2) is 6.04 Å². The van der Waals surface area contributed by atoms with Gasteiger partial charge < -0.3 is 10.2 Å². The van der Waals surface area contributed by atoms with Gasteiger partial charge in [-0.25, -0.2) is 0 Å². The lowest BCUT2D eigenvalue weighted by molar-refractivity contribution is -0.123. The Labute approximate surface area is 136 Å². The summed E-state index contributed by atoms with van der Waals surface area (Å²) < 4.78 is 0. The molecule has 1 atom stereocenters. The van der Waals surface area contributed by atoms with Crippen molar-refractivity contribution in [1.29, 1.82) is 0 Å². The average Bonchev–Trinajstić information content (AvgIpc) is 2.55. The highest BCUT2D eigenvalue weighted by atomic mass is 16.2. The molecule has 4 nitrogen and oxygen atoms in total. The number of amidine groups is 1. The van der Waals surface area contributed by atoms with Gasteiger partial charge in [0.2, 0.25) is 5.91 Å². The van der Waals surface area contributed by atoms with E-state index in [0.717, 1.165) is 17.1 Å². The Morgan fingerprint density at radius 3 is 2.17 bits per heavy atom. The van der Waals surface area contributed by atoms with Crippen molar-refractivity contribution < 1.29 is 4.79 Å². The molecule has 0 bridgehead atoms. The lowest BCUT2D eigenvalue weighted by Crippen LogP contribution is -2.59. The van der Waals surface area contributed by atoms with E-state index in [2.05, 4.69) is 5.32 Å². The SMILES string of the molecule is CN(C1=N[C@@H](c2ccccc2)C(=O)NC1(C)C)c1ccccc1. The van der Waals surface area contributed by atoms with Gasteiger partial charge in [0, 0.05) is 12.7 Å². The van der Waals surface area contributed by atoms with E-state index < -0.39 is 11.6 Å². The van der Waals surface area contributed by atoms with E-state index in [1.54, 1.807) is 0 Å². The maximum absolute atomic E-state index is 12.5. The first-order valence-electron chi connectivity index (χ1n) is 7.73. The summed E-state index contributed by atoms with van der Waals surface area (Å²) in [6.45, 7) is 3.95. The van der Waals surface area contributed by atoms with Crippen LogP contribution in [0.1, 0.15) is 25.5 Å². The fraction of sp³-hybridized carbons (Fsp3) is 0.263. The van der Waals surface area contributed by atoms with Crippen LogP contribution in [0.3, 0.4) is 0 Å². The first-order valence-corrected chi connectivity index (χ1v) is 7.73. The highest BCUT2D eigenvalue weighted by Gasteiger charge is 2.38. The first kappa shape index (κ1) is 15.3. The Bertz CT molecular complexity index is 723. The molecule has 0 aromatic heterocycles. The monoisotopic (exact) mass is 307 g/mol. The molecule has 0 unspecified atom stereocenters. The molecule has 0 fully saturated rings. The second kappa shape index (κ2) is 5.88. The van der Waals surface area contributed by atoms with Crippen molar-refractivity contribution >= 4 is 17.4 Å². The number of rotatable bonds is 2. The third kappa shape index (κ3) is 2.97. The van der Waals surface area contributed by atoms with Crippen LogP contribution in [0, 0.1) is 0 Å². The lowest BCUT2D eigenvalue weighted by atomic mass is 9.96. The molecule has 23 heavy (non-hydrogen) atoms. The molecule has 0 saturated heterocycles. The Morgan fingerprint density at radius 1 is 1.00 bits per heavy atom. The third-order valence-electron chi connectivity index (χ3n) is 4.07. The van der Waals surface area contributed by atoms with E-state index in [1.165, 1.54) is 0 Å². The van der Waals surface area contributed by atoms with Crippen LogP contribution in [0.15, 0.2) is 65.7 Å². The Hall–Kier alpha value is -2.62. The Balaban J connectivity index is 2.03. The second-order valence-corrected chi connectivity index (χ2v) is 6.27. The summed E-state index contributed by atoms with van der Waals surface area (Å²) in [6, 6.07) is 19.2. The van der Waals surface area contributed by atoms with E-state index in [9.17, 15) is 4.79 Å². The minimum Gasteiger partial charge on any atom is -0.342 e. The van der Waals surface area contributed by atoms with Gasteiger partial charge in [0.05, 0.1) is 5.54 Å². The normalized spacial score (nSPS) is 19.7. The van der Waals surface area contributed by atoms with Crippen molar-refractivity contribution in [3.05, 3.63) is 66.2 Å². The second-order valence-electron chi connectivity index (χ2n) is 6.27. The van der Waals surface area contributed by atoms with Crippen molar-refractivity contribution in [2.24, 2.45) is 4.99 Å². The van der Waals surface area contributed by atoms with Crippen molar-refractivity contribution in [2.75, 3.05) is 11.9 Å². The molecule has 1 heterocycles. The smallest absolute Gasteiger partial charge is 0.250 e. The number of carbonyl (C=O) groups excluding carboxylic acids is 1. The van der Waals surface area contributed by atoms with Crippen molar-refractivity contribution in [2.45, 2.75) is 25.4 Å². The van der Waals surface area contributed by atoms with Gasteiger partial charge in [-0.2, -0.15) is 0 Å². The molecule has 0 radical (unpaired) electrons. The molecule has 1 aliphatic heterocycles. The number of para-hydroxylation sites is 1. The fourth-order valence-corrected chi connectivity index (χ4v) is 2.92. The maximum Gasteiger partial charge on any atom is 0.250 e. The number of anilines is 1. The zero-order chi connectivity index (χ0) is 16.4. The number of nitrogens with one attached hydrogen (secondary N) is 1. The van der Waals surface area contributed by atoms with Crippen LogP contribution in [0.4, 0.5) is 5.69 Å². The van der Waals surface area contributed by atoms with Crippen LogP contribution in [-0.2, 0) is 4.79 Å². The highest BCUT2D eigenvalue weighted by Crippen LogP contribution is 2.28. The fourth-order valence-electron chi connectivity index (χ4n) is 2.92. The molecule has 2 aromatic rings. The lowest BCUT2D eigenvalue weighted by Gasteiger charge is -2.39. The summed E-state index contributed by atoms with van der Waals surface area (Å²) in [5.41, 5.74) is 1.43. The number of hydrogen-bond donors (Lipinski definition) is 1. The van der Waals surface area contributed by atoms with Crippen molar-refractivity contribution in [3.63, 3.8) is 0 Å². The van der Waals surface area contributed by atoms with Crippen LogP contribution >= 0.6 is 0 Å². The molecular weight excluding hydrogens is 286 g/mol. The summed E-state index contributed by atoms with van der Waals surface area (Å²) in [4.78, 5) is 19.3. The molecule has 0 spiro atoms. The molecule has 1 aliphatic rings. The maximum atomic E-state index is 12.5. The number of hydrogen-bond acceptors (Lipinski definition) is 3. The number of aliphatic imine (C=N–C) groups is 1. The summed E-state index contributed by atoms with van der Waals surface area (Å²) in [5, 5.41) is 3.09. The third-order valence-corrected chi connectivity index (χ3v) is 4.07. The van der Waals surface area contributed by atoms with Crippen molar-refractivity contribution in [3.8, 4) is 0 Å². The molecular formula is C19H21N3O. The first-order chi connectivity index (χ1) is 11.0. The predicted molar refractivity (Wildman–Crippen MR) is 93.7 cm³/mol. The van der Waals surface area contributed by atoms with Crippen LogP contribution in [0.2, 0.25) is 0 Å². The molecule has 1 amide bonds. The number of carbonyl (C=O) groups is 1. The van der Waals surface area contributed by atoms with E-state index in [4.69, 9.17) is 4.99 Å². The molecule has 0 saturated carbocycles. The zero-order valence-electron chi connectivity index (χ0n) is 13.7. The number of amides is 1. The Kier molecular flexibility index (Phi) is 3.90. The molecule has 3 rings (SSSR count). The molecule has 0 aliphatic carbocycles. The molecule has 4 heteroatoms. The van der Waals surface area contributed by atoms with Gasteiger partial charge >= 0.3 is 0 Å². The zero-order valence-corrected chi connectivity index (χ0v) is 13.7. The summed E-state index contributed by atoms with van der Waals surface area (Å²) in [5.74, 6) is 0.781. The van der Waals surface area contributed by atoms with Crippen molar-refractivity contribution in [1.82, 2.24) is 5.32 Å². The predicted octanol–water partition coefficient (Wildman–Crippen LogP) is 3.17. The number of likely N-dealkylation sites (N-methyl/N-ethyl adjacent to an activating group) is 1. The quantitative estimate of drug-likeness (QED) is 0.926. The van der Waals surface area contributed by atoms with Gasteiger partial charge in [-0.15, -0.1) is 0 Å². The largest absolute Gasteiger partial charge is 0.342 e. The summed E-state index contributed by atoms with van der Waals surface area (Å²) >= 11 is 0. The van der Waals surface area contributed by atoms with Gasteiger partial charge in [0.25, 0.3) is 0 Å². The van der Waals surface area contributed by atoms with Gasteiger partial charge in [-0.05, 0) is 31.5 Å². The van der Waals surface area contributed by atoms with Gasteiger partial charge in [-0.1, -0.05) is 48.5 Å². The van der Waals surface area contributed by atoms with Gasteiger partial charge in [-0.3, -0.25) is 9.79 Å². The average molecular weight is 307 g/mol. The van der Waals surface area contributed by atoms with Crippen LogP contribution in [0.25, 0.3) is 0 Å². The Morgan fingerprint density at radius 2 is 1.57 bits per heavy atom.